The second-order valence-electron chi connectivity index (χ2n) is 6.73. The van der Waals surface area contributed by atoms with E-state index in [4.69, 9.17) is 5.26 Å². The molecule has 1 aromatic carbocycles. The van der Waals surface area contributed by atoms with E-state index in [1.54, 1.807) is 27.9 Å². The molecular formula is C18H27N4O2+. The number of hydrogen-bond donors (Lipinski definition) is 2. The van der Waals surface area contributed by atoms with Crippen molar-refractivity contribution in [3.8, 4) is 6.07 Å². The Labute approximate surface area is 144 Å². The fourth-order valence-electron chi connectivity index (χ4n) is 2.18. The van der Waals surface area contributed by atoms with Crippen molar-refractivity contribution >= 4 is 17.5 Å². The Morgan fingerprint density at radius 3 is 2.50 bits per heavy atom. The SMILES string of the molecule is Cc1cccc(NC(=O)C[NH+](C)CC(=O)N(C)C(C)(C)C#N)c1C. The van der Waals surface area contributed by atoms with E-state index in [1.165, 1.54) is 4.90 Å². The second kappa shape index (κ2) is 7.93. The average molecular weight is 331 g/mol. The van der Waals surface area contributed by atoms with E-state index in [0.29, 0.717) is 0 Å². The van der Waals surface area contributed by atoms with Gasteiger partial charge in [0.2, 0.25) is 0 Å². The van der Waals surface area contributed by atoms with Crippen molar-refractivity contribution in [1.82, 2.24) is 4.90 Å². The van der Waals surface area contributed by atoms with Gasteiger partial charge in [-0.15, -0.1) is 0 Å². The van der Waals surface area contributed by atoms with Gasteiger partial charge in [0.05, 0.1) is 13.1 Å². The molecule has 1 unspecified atom stereocenters. The van der Waals surface area contributed by atoms with Gasteiger partial charge in [-0.3, -0.25) is 9.59 Å². The van der Waals surface area contributed by atoms with Gasteiger partial charge in [-0.1, -0.05) is 12.1 Å². The Balaban J connectivity index is 2.60. The number of nitrogens with zero attached hydrogens (tertiary/aromatic N) is 2. The summed E-state index contributed by atoms with van der Waals surface area (Å²) in [6.45, 7) is 7.67. The Kier molecular flexibility index (Phi) is 6.50. The number of quaternary nitrogens is 1. The Morgan fingerprint density at radius 1 is 1.29 bits per heavy atom. The van der Waals surface area contributed by atoms with Crippen molar-refractivity contribution in [1.29, 1.82) is 5.26 Å². The van der Waals surface area contributed by atoms with Gasteiger partial charge in [0.25, 0.3) is 11.8 Å². The van der Waals surface area contributed by atoms with Crippen LogP contribution in [0.5, 0.6) is 0 Å². The van der Waals surface area contributed by atoms with Crippen LogP contribution in [-0.4, -0.2) is 49.4 Å². The summed E-state index contributed by atoms with van der Waals surface area (Å²) in [4.78, 5) is 26.6. The van der Waals surface area contributed by atoms with Crippen molar-refractivity contribution in [3.63, 3.8) is 0 Å². The third kappa shape index (κ3) is 5.07. The maximum absolute atomic E-state index is 12.2. The number of nitrogens with one attached hydrogen (secondary N) is 2. The van der Waals surface area contributed by atoms with Crippen molar-refractivity contribution in [2.45, 2.75) is 33.2 Å². The minimum absolute atomic E-state index is 0.142. The zero-order chi connectivity index (χ0) is 18.5. The van der Waals surface area contributed by atoms with E-state index in [1.807, 2.05) is 32.0 Å². The number of amides is 2. The molecule has 0 bridgehead atoms. The molecule has 130 valence electrons. The van der Waals surface area contributed by atoms with Crippen LogP contribution in [0.1, 0.15) is 25.0 Å². The molecule has 1 aromatic rings. The summed E-state index contributed by atoms with van der Waals surface area (Å²) in [5.74, 6) is -0.310. The Bertz CT molecular complexity index is 661. The molecule has 0 radical (unpaired) electrons. The first-order chi connectivity index (χ1) is 11.1. The number of hydrogen-bond acceptors (Lipinski definition) is 3. The highest BCUT2D eigenvalue weighted by Gasteiger charge is 2.29. The molecule has 0 saturated carbocycles. The van der Waals surface area contributed by atoms with E-state index >= 15 is 0 Å². The van der Waals surface area contributed by atoms with E-state index in [2.05, 4.69) is 11.4 Å². The van der Waals surface area contributed by atoms with Gasteiger partial charge < -0.3 is 15.1 Å². The number of carbonyl (C=O) groups excluding carboxylic acids is 2. The molecule has 0 heterocycles. The van der Waals surface area contributed by atoms with Crippen molar-refractivity contribution in [2.75, 3.05) is 32.5 Å². The molecule has 2 amide bonds. The molecule has 6 nitrogen and oxygen atoms in total. The number of nitriles is 1. The highest BCUT2D eigenvalue weighted by molar-refractivity contribution is 5.92. The molecule has 0 aliphatic carbocycles. The summed E-state index contributed by atoms with van der Waals surface area (Å²) in [5, 5.41) is 12.0. The first-order valence-electron chi connectivity index (χ1n) is 7.93. The Morgan fingerprint density at radius 2 is 1.92 bits per heavy atom. The summed E-state index contributed by atoms with van der Waals surface area (Å²) >= 11 is 0. The molecule has 0 aliphatic rings. The third-order valence-electron chi connectivity index (χ3n) is 4.28. The topological polar surface area (TPSA) is 77.6 Å². The summed E-state index contributed by atoms with van der Waals surface area (Å²) in [6.07, 6.45) is 0. The molecule has 1 rings (SSSR count). The number of rotatable bonds is 6. The van der Waals surface area contributed by atoms with Crippen LogP contribution in [0.25, 0.3) is 0 Å². The largest absolute Gasteiger partial charge is 0.323 e. The minimum Gasteiger partial charge on any atom is -0.323 e. The standard InChI is InChI=1S/C18H26N4O2/c1-13-8-7-9-15(14(13)2)20-16(23)10-21(5)11-17(24)22(6)18(3,4)12-19/h7-9H,10-11H2,1-6H3,(H,20,23)/p+1. The van der Waals surface area contributed by atoms with Gasteiger partial charge in [-0.05, 0) is 44.9 Å². The zero-order valence-electron chi connectivity index (χ0n) is 15.4. The van der Waals surface area contributed by atoms with E-state index in [9.17, 15) is 9.59 Å². The van der Waals surface area contributed by atoms with Crippen molar-refractivity contribution in [2.24, 2.45) is 0 Å². The van der Waals surface area contributed by atoms with Crippen LogP contribution in [0.15, 0.2) is 18.2 Å². The first kappa shape index (κ1) is 19.7. The van der Waals surface area contributed by atoms with Crippen LogP contribution in [0.2, 0.25) is 0 Å². The quantitative estimate of drug-likeness (QED) is 0.798. The van der Waals surface area contributed by atoms with Gasteiger partial charge in [0, 0.05) is 12.7 Å². The van der Waals surface area contributed by atoms with Crippen LogP contribution in [0.4, 0.5) is 5.69 Å². The summed E-state index contributed by atoms with van der Waals surface area (Å²) < 4.78 is 0. The van der Waals surface area contributed by atoms with Gasteiger partial charge in [0.15, 0.2) is 13.1 Å². The van der Waals surface area contributed by atoms with Crippen LogP contribution in [-0.2, 0) is 9.59 Å². The number of anilines is 1. The normalized spacial score (nSPS) is 12.2. The van der Waals surface area contributed by atoms with Gasteiger partial charge in [-0.2, -0.15) is 5.26 Å². The minimum atomic E-state index is -0.863. The second-order valence-corrected chi connectivity index (χ2v) is 6.73. The Hall–Kier alpha value is -2.39. The lowest BCUT2D eigenvalue weighted by Crippen LogP contribution is -3.11. The summed E-state index contributed by atoms with van der Waals surface area (Å²) in [5.41, 5.74) is 2.08. The summed E-state index contributed by atoms with van der Waals surface area (Å²) in [7, 11) is 3.39. The number of carbonyl (C=O) groups is 2. The predicted octanol–water partition coefficient (Wildman–Crippen LogP) is 0.517. The molecule has 0 fully saturated rings. The molecule has 0 aromatic heterocycles. The number of aryl methyl sites for hydroxylation is 1. The van der Waals surface area contributed by atoms with E-state index in [-0.39, 0.29) is 24.9 Å². The lowest BCUT2D eigenvalue weighted by Gasteiger charge is -2.29. The van der Waals surface area contributed by atoms with Crippen molar-refractivity contribution < 1.29 is 14.5 Å². The molecule has 2 N–H and O–H groups in total. The molecular weight excluding hydrogens is 304 g/mol. The van der Waals surface area contributed by atoms with Crippen LogP contribution in [0, 0.1) is 25.2 Å². The lowest BCUT2D eigenvalue weighted by molar-refractivity contribution is -0.862. The van der Waals surface area contributed by atoms with E-state index in [0.717, 1.165) is 21.7 Å². The van der Waals surface area contributed by atoms with Gasteiger partial charge >= 0.3 is 0 Å². The molecule has 0 aliphatic heterocycles. The molecule has 6 heteroatoms. The fourth-order valence-corrected chi connectivity index (χ4v) is 2.18. The van der Waals surface area contributed by atoms with Crippen molar-refractivity contribution in [3.05, 3.63) is 29.3 Å². The van der Waals surface area contributed by atoms with Crippen LogP contribution in [0.3, 0.4) is 0 Å². The molecule has 1 atom stereocenters. The van der Waals surface area contributed by atoms with Gasteiger partial charge in [-0.25, -0.2) is 0 Å². The maximum atomic E-state index is 12.2. The highest BCUT2D eigenvalue weighted by atomic mass is 16.2. The summed E-state index contributed by atoms with van der Waals surface area (Å²) in [6, 6.07) is 7.86. The number of benzene rings is 1. The zero-order valence-corrected chi connectivity index (χ0v) is 15.4. The van der Waals surface area contributed by atoms with E-state index < -0.39 is 5.54 Å². The smallest absolute Gasteiger partial charge is 0.279 e. The molecule has 24 heavy (non-hydrogen) atoms. The average Bonchev–Trinajstić information content (AvgIpc) is 2.50. The van der Waals surface area contributed by atoms with Crippen LogP contribution < -0.4 is 10.2 Å². The van der Waals surface area contributed by atoms with Gasteiger partial charge in [0.1, 0.15) is 5.54 Å². The first-order valence-corrected chi connectivity index (χ1v) is 7.93. The third-order valence-corrected chi connectivity index (χ3v) is 4.28. The highest BCUT2D eigenvalue weighted by Crippen LogP contribution is 2.17. The number of likely N-dealkylation sites (N-methyl/N-ethyl adjacent to an activating group) is 2. The molecule has 0 saturated heterocycles. The lowest BCUT2D eigenvalue weighted by atomic mass is 10.1. The maximum Gasteiger partial charge on any atom is 0.279 e. The fraction of sp³-hybridized carbons (Fsp3) is 0.500. The predicted molar refractivity (Wildman–Crippen MR) is 93.6 cm³/mol. The monoisotopic (exact) mass is 331 g/mol. The molecule has 0 spiro atoms. The van der Waals surface area contributed by atoms with Crippen LogP contribution >= 0.6 is 0 Å².